The molecule has 29 heavy (non-hydrogen) atoms. The molecular formula is C20H21ClN4O3S. The van der Waals surface area contributed by atoms with Crippen molar-refractivity contribution in [2.24, 2.45) is 7.05 Å². The molecule has 0 spiro atoms. The van der Waals surface area contributed by atoms with Crippen LogP contribution in [0.25, 0.3) is 5.69 Å². The van der Waals surface area contributed by atoms with Gasteiger partial charge in [0.15, 0.2) is 0 Å². The lowest BCUT2D eigenvalue weighted by molar-refractivity contribution is 0.307. The van der Waals surface area contributed by atoms with Crippen LogP contribution < -0.4 is 5.69 Å². The lowest BCUT2D eigenvalue weighted by Gasteiger charge is -2.31. The minimum Gasteiger partial charge on any atom is -0.247 e. The van der Waals surface area contributed by atoms with Crippen LogP contribution in [0.5, 0.6) is 0 Å². The summed E-state index contributed by atoms with van der Waals surface area (Å²) >= 11 is 5.89. The highest BCUT2D eigenvalue weighted by molar-refractivity contribution is 7.89. The Labute approximate surface area is 174 Å². The van der Waals surface area contributed by atoms with Gasteiger partial charge >= 0.3 is 5.69 Å². The Kier molecular flexibility index (Phi) is 5.33. The third kappa shape index (κ3) is 3.75. The molecule has 2 aromatic carbocycles. The predicted molar refractivity (Wildman–Crippen MR) is 111 cm³/mol. The fourth-order valence-corrected chi connectivity index (χ4v) is 5.34. The molecule has 9 heteroatoms. The fraction of sp³-hybridized carbons (Fsp3) is 0.300. The second kappa shape index (κ2) is 7.78. The van der Waals surface area contributed by atoms with Gasteiger partial charge in [0.25, 0.3) is 0 Å². The Hall–Kier alpha value is -2.42. The van der Waals surface area contributed by atoms with E-state index in [0.29, 0.717) is 23.8 Å². The van der Waals surface area contributed by atoms with Gasteiger partial charge in [-0.2, -0.15) is 9.40 Å². The summed E-state index contributed by atoms with van der Waals surface area (Å²) in [6.07, 6.45) is 1.45. The molecule has 0 saturated carbocycles. The number of hydrogen-bond acceptors (Lipinski definition) is 4. The molecular weight excluding hydrogens is 412 g/mol. The first kappa shape index (κ1) is 19.9. The van der Waals surface area contributed by atoms with E-state index in [1.165, 1.54) is 21.1 Å². The van der Waals surface area contributed by atoms with E-state index in [2.05, 4.69) is 5.10 Å². The van der Waals surface area contributed by atoms with Crippen LogP contribution in [-0.2, 0) is 17.1 Å². The lowest BCUT2D eigenvalue weighted by atomic mass is 9.98. The van der Waals surface area contributed by atoms with E-state index in [9.17, 15) is 13.2 Å². The smallest absolute Gasteiger partial charge is 0.247 e. The number of rotatable bonds is 4. The van der Waals surface area contributed by atoms with Crippen molar-refractivity contribution in [2.75, 3.05) is 13.1 Å². The Morgan fingerprint density at radius 1 is 1.07 bits per heavy atom. The first-order valence-corrected chi connectivity index (χ1v) is 11.2. The van der Waals surface area contributed by atoms with Crippen molar-refractivity contribution >= 4 is 21.6 Å². The number of nitrogens with zero attached hydrogens (tertiary/aromatic N) is 4. The summed E-state index contributed by atoms with van der Waals surface area (Å²) in [4.78, 5) is 12.9. The molecule has 1 aromatic heterocycles. The third-order valence-corrected chi connectivity index (χ3v) is 7.30. The molecule has 2 heterocycles. The number of halogens is 1. The average molecular weight is 433 g/mol. The zero-order valence-electron chi connectivity index (χ0n) is 15.9. The molecule has 1 fully saturated rings. The number of aromatic nitrogens is 3. The van der Waals surface area contributed by atoms with E-state index in [1.807, 2.05) is 30.3 Å². The number of piperidine rings is 1. The maximum absolute atomic E-state index is 13.1. The molecule has 0 bridgehead atoms. The zero-order valence-corrected chi connectivity index (χ0v) is 17.5. The minimum absolute atomic E-state index is 0.181. The molecule has 0 amide bonds. The first-order valence-electron chi connectivity index (χ1n) is 9.35. The Morgan fingerprint density at radius 3 is 2.45 bits per heavy atom. The van der Waals surface area contributed by atoms with Crippen molar-refractivity contribution in [3.05, 3.63) is 75.9 Å². The Morgan fingerprint density at radius 2 is 1.76 bits per heavy atom. The zero-order chi connectivity index (χ0) is 20.6. The Bertz CT molecular complexity index is 1170. The number of hydrogen-bond donors (Lipinski definition) is 0. The molecule has 1 atom stereocenters. The molecule has 3 aromatic rings. The average Bonchev–Trinajstić information content (AvgIpc) is 3.04. The molecule has 152 valence electrons. The van der Waals surface area contributed by atoms with Crippen LogP contribution in [0.4, 0.5) is 0 Å². The molecule has 0 N–H and O–H groups in total. The van der Waals surface area contributed by atoms with Gasteiger partial charge in [-0.25, -0.2) is 22.5 Å². The van der Waals surface area contributed by atoms with Crippen LogP contribution in [0.3, 0.4) is 0 Å². The van der Waals surface area contributed by atoms with Crippen molar-refractivity contribution in [1.29, 1.82) is 0 Å². The molecule has 1 aliphatic heterocycles. The van der Waals surface area contributed by atoms with Gasteiger partial charge in [0, 0.05) is 31.1 Å². The van der Waals surface area contributed by atoms with Crippen molar-refractivity contribution in [1.82, 2.24) is 18.7 Å². The second-order valence-electron chi connectivity index (χ2n) is 7.09. The van der Waals surface area contributed by atoms with E-state index in [-0.39, 0.29) is 23.0 Å². The summed E-state index contributed by atoms with van der Waals surface area (Å²) < 4.78 is 30.5. The number of aryl methyl sites for hydroxylation is 1. The molecule has 0 aliphatic carbocycles. The van der Waals surface area contributed by atoms with Crippen molar-refractivity contribution in [3.8, 4) is 5.69 Å². The van der Waals surface area contributed by atoms with Gasteiger partial charge in [-0.05, 0) is 49.2 Å². The summed E-state index contributed by atoms with van der Waals surface area (Å²) in [6.45, 7) is 0.706. The molecule has 0 radical (unpaired) electrons. The fourth-order valence-electron chi connectivity index (χ4n) is 3.70. The minimum atomic E-state index is -3.65. The van der Waals surface area contributed by atoms with Crippen LogP contribution in [-0.4, -0.2) is 40.2 Å². The third-order valence-electron chi connectivity index (χ3n) is 5.16. The molecule has 1 aliphatic rings. The van der Waals surface area contributed by atoms with E-state index >= 15 is 0 Å². The van der Waals surface area contributed by atoms with E-state index < -0.39 is 10.0 Å². The highest BCUT2D eigenvalue weighted by Crippen LogP contribution is 2.30. The van der Waals surface area contributed by atoms with E-state index in [4.69, 9.17) is 11.6 Å². The summed E-state index contributed by atoms with van der Waals surface area (Å²) in [7, 11) is -2.04. The van der Waals surface area contributed by atoms with Gasteiger partial charge in [-0.15, -0.1) is 0 Å². The normalized spacial score (nSPS) is 18.1. The van der Waals surface area contributed by atoms with Gasteiger partial charge in [-0.1, -0.05) is 29.8 Å². The highest BCUT2D eigenvalue weighted by Gasteiger charge is 2.33. The molecule has 1 unspecified atom stereocenters. The van der Waals surface area contributed by atoms with E-state index in [0.717, 1.165) is 12.1 Å². The maximum atomic E-state index is 13.1. The SMILES string of the molecule is Cn1nc(C2CCCN(S(=O)(=O)c3ccc(Cl)cc3)C2)n(-c2ccccc2)c1=O. The summed E-state index contributed by atoms with van der Waals surface area (Å²) in [5, 5.41) is 4.93. The molecule has 4 rings (SSSR count). The largest absolute Gasteiger partial charge is 0.350 e. The number of benzene rings is 2. The van der Waals surface area contributed by atoms with Gasteiger partial charge in [-0.3, -0.25) is 0 Å². The summed E-state index contributed by atoms with van der Waals surface area (Å²) in [6, 6.07) is 15.5. The van der Waals surface area contributed by atoms with Crippen LogP contribution in [0.1, 0.15) is 24.6 Å². The van der Waals surface area contributed by atoms with Gasteiger partial charge in [0.05, 0.1) is 10.6 Å². The van der Waals surface area contributed by atoms with Gasteiger partial charge < -0.3 is 0 Å². The van der Waals surface area contributed by atoms with Crippen LogP contribution in [0.15, 0.2) is 64.3 Å². The highest BCUT2D eigenvalue weighted by atomic mass is 35.5. The summed E-state index contributed by atoms with van der Waals surface area (Å²) in [5.41, 5.74) is 0.474. The van der Waals surface area contributed by atoms with Crippen molar-refractivity contribution < 1.29 is 8.42 Å². The van der Waals surface area contributed by atoms with Crippen LogP contribution in [0, 0.1) is 0 Å². The second-order valence-corrected chi connectivity index (χ2v) is 9.47. The van der Waals surface area contributed by atoms with Crippen LogP contribution >= 0.6 is 11.6 Å². The summed E-state index contributed by atoms with van der Waals surface area (Å²) in [5.74, 6) is 0.402. The van der Waals surface area contributed by atoms with Crippen LogP contribution in [0.2, 0.25) is 5.02 Å². The number of para-hydroxylation sites is 1. The van der Waals surface area contributed by atoms with Crippen molar-refractivity contribution in [2.45, 2.75) is 23.7 Å². The quantitative estimate of drug-likeness (QED) is 0.635. The lowest BCUT2D eigenvalue weighted by Crippen LogP contribution is -2.40. The van der Waals surface area contributed by atoms with Gasteiger partial charge in [0.1, 0.15) is 5.82 Å². The molecule has 1 saturated heterocycles. The molecule has 7 nitrogen and oxygen atoms in total. The predicted octanol–water partition coefficient (Wildman–Crippen LogP) is 2.79. The first-order chi connectivity index (χ1) is 13.9. The monoisotopic (exact) mass is 432 g/mol. The maximum Gasteiger partial charge on any atom is 0.350 e. The van der Waals surface area contributed by atoms with E-state index in [1.54, 1.807) is 23.7 Å². The van der Waals surface area contributed by atoms with Crippen molar-refractivity contribution in [3.63, 3.8) is 0 Å². The number of sulfonamides is 1. The standard InChI is InChI=1S/C20H21ClN4O3S/c1-23-20(26)25(17-7-3-2-4-8-17)19(22-23)15-6-5-13-24(14-15)29(27,28)18-11-9-16(21)10-12-18/h2-4,7-12,15H,5-6,13-14H2,1H3. The Balaban J connectivity index is 1.69. The van der Waals surface area contributed by atoms with Gasteiger partial charge in [0.2, 0.25) is 10.0 Å². The topological polar surface area (TPSA) is 77.2 Å².